The van der Waals surface area contributed by atoms with E-state index in [-0.39, 0.29) is 12.4 Å². The van der Waals surface area contributed by atoms with Crippen molar-refractivity contribution in [3.8, 4) is 0 Å². The zero-order valence-corrected chi connectivity index (χ0v) is 12.6. The fourth-order valence-electron chi connectivity index (χ4n) is 2.80. The SMILES string of the molecule is CN1CCC(=C(c2ccccc2)c2ccccc2)C1.Cl. The van der Waals surface area contributed by atoms with Crippen LogP contribution >= 0.6 is 12.4 Å². The van der Waals surface area contributed by atoms with E-state index < -0.39 is 0 Å². The van der Waals surface area contributed by atoms with E-state index in [0.717, 1.165) is 6.54 Å². The van der Waals surface area contributed by atoms with Crippen LogP contribution in [0.25, 0.3) is 5.57 Å². The molecule has 1 aliphatic rings. The Hall–Kier alpha value is -1.57. The molecule has 0 spiro atoms. The Kier molecular flexibility index (Phi) is 4.99. The maximum absolute atomic E-state index is 2.39. The van der Waals surface area contributed by atoms with Crippen LogP contribution in [-0.4, -0.2) is 25.0 Å². The maximum Gasteiger partial charge on any atom is 0.0199 e. The van der Waals surface area contributed by atoms with Gasteiger partial charge in [-0.3, -0.25) is 0 Å². The highest BCUT2D eigenvalue weighted by atomic mass is 35.5. The zero-order valence-electron chi connectivity index (χ0n) is 11.8. The first-order valence-corrected chi connectivity index (χ1v) is 6.86. The molecule has 104 valence electrons. The molecule has 1 heterocycles. The van der Waals surface area contributed by atoms with E-state index >= 15 is 0 Å². The minimum absolute atomic E-state index is 0. The van der Waals surface area contributed by atoms with E-state index in [9.17, 15) is 0 Å². The number of hydrogen-bond donors (Lipinski definition) is 0. The molecule has 3 rings (SSSR count). The first kappa shape index (κ1) is 14.8. The smallest absolute Gasteiger partial charge is 0.0199 e. The molecule has 0 aromatic heterocycles. The molecule has 2 aromatic rings. The summed E-state index contributed by atoms with van der Waals surface area (Å²) in [7, 11) is 2.20. The molecule has 0 N–H and O–H groups in total. The van der Waals surface area contributed by atoms with Gasteiger partial charge >= 0.3 is 0 Å². The molecule has 2 aromatic carbocycles. The lowest BCUT2D eigenvalue weighted by atomic mass is 9.92. The van der Waals surface area contributed by atoms with Gasteiger partial charge in [0.25, 0.3) is 0 Å². The van der Waals surface area contributed by atoms with E-state index in [0.29, 0.717) is 0 Å². The fourth-order valence-corrected chi connectivity index (χ4v) is 2.80. The van der Waals surface area contributed by atoms with Crippen LogP contribution in [-0.2, 0) is 0 Å². The molecule has 0 bridgehead atoms. The molecule has 0 aliphatic carbocycles. The highest BCUT2D eigenvalue weighted by Gasteiger charge is 2.18. The van der Waals surface area contributed by atoms with Gasteiger partial charge in [-0.1, -0.05) is 60.7 Å². The lowest BCUT2D eigenvalue weighted by Crippen LogP contribution is -2.11. The van der Waals surface area contributed by atoms with E-state index in [1.165, 1.54) is 29.7 Å². The monoisotopic (exact) mass is 285 g/mol. The topological polar surface area (TPSA) is 3.24 Å². The van der Waals surface area contributed by atoms with Crippen molar-refractivity contribution in [3.05, 3.63) is 77.4 Å². The van der Waals surface area contributed by atoms with Crippen molar-refractivity contribution in [2.24, 2.45) is 0 Å². The van der Waals surface area contributed by atoms with Gasteiger partial charge in [0.1, 0.15) is 0 Å². The number of rotatable bonds is 2. The number of likely N-dealkylation sites (tertiary alicyclic amines) is 1. The number of halogens is 1. The van der Waals surface area contributed by atoms with Crippen molar-refractivity contribution >= 4 is 18.0 Å². The molecular weight excluding hydrogens is 266 g/mol. The van der Waals surface area contributed by atoms with Gasteiger partial charge in [0.2, 0.25) is 0 Å². The van der Waals surface area contributed by atoms with Gasteiger partial charge in [0, 0.05) is 13.1 Å². The standard InChI is InChI=1S/C18H19N.ClH/c1-19-13-12-17(14-19)18(15-8-4-2-5-9-15)16-10-6-3-7-11-16;/h2-11H,12-14H2,1H3;1H. The average molecular weight is 286 g/mol. The van der Waals surface area contributed by atoms with E-state index in [1.54, 1.807) is 5.57 Å². The molecule has 1 fully saturated rings. The van der Waals surface area contributed by atoms with Crippen LogP contribution in [0.4, 0.5) is 0 Å². The lowest BCUT2D eigenvalue weighted by Gasteiger charge is -2.13. The van der Waals surface area contributed by atoms with Crippen LogP contribution in [0.15, 0.2) is 66.2 Å². The average Bonchev–Trinajstić information content (AvgIpc) is 2.88. The molecule has 0 amide bonds. The summed E-state index contributed by atoms with van der Waals surface area (Å²) in [5.41, 5.74) is 5.64. The summed E-state index contributed by atoms with van der Waals surface area (Å²) in [5, 5.41) is 0. The Morgan fingerprint density at radius 2 is 1.35 bits per heavy atom. The second-order valence-corrected chi connectivity index (χ2v) is 5.20. The predicted octanol–water partition coefficient (Wildman–Crippen LogP) is 4.25. The van der Waals surface area contributed by atoms with Gasteiger partial charge in [0.05, 0.1) is 0 Å². The van der Waals surface area contributed by atoms with Gasteiger partial charge in [-0.25, -0.2) is 0 Å². The summed E-state index contributed by atoms with van der Waals surface area (Å²) in [6.07, 6.45) is 1.18. The summed E-state index contributed by atoms with van der Waals surface area (Å²) < 4.78 is 0. The Bertz CT molecular complexity index is 533. The van der Waals surface area contributed by atoms with Crippen molar-refractivity contribution in [1.29, 1.82) is 0 Å². The van der Waals surface area contributed by atoms with Crippen LogP contribution < -0.4 is 0 Å². The largest absolute Gasteiger partial charge is 0.302 e. The van der Waals surface area contributed by atoms with Crippen LogP contribution in [0, 0.1) is 0 Å². The molecule has 1 saturated heterocycles. The van der Waals surface area contributed by atoms with E-state index in [1.807, 2.05) is 0 Å². The second kappa shape index (κ2) is 6.74. The van der Waals surface area contributed by atoms with Crippen LogP contribution in [0.2, 0.25) is 0 Å². The quantitative estimate of drug-likeness (QED) is 0.797. The second-order valence-electron chi connectivity index (χ2n) is 5.20. The van der Waals surface area contributed by atoms with Crippen LogP contribution in [0.1, 0.15) is 17.5 Å². The Labute approximate surface area is 127 Å². The number of nitrogens with zero attached hydrogens (tertiary/aromatic N) is 1. The highest BCUT2D eigenvalue weighted by molar-refractivity contribution is 5.85. The molecule has 2 heteroatoms. The lowest BCUT2D eigenvalue weighted by molar-refractivity contribution is 0.425. The third kappa shape index (κ3) is 3.12. The Morgan fingerprint density at radius 1 is 0.850 bits per heavy atom. The molecule has 0 saturated carbocycles. The molecule has 0 atom stereocenters. The number of benzene rings is 2. The third-order valence-electron chi connectivity index (χ3n) is 3.73. The Balaban J connectivity index is 0.00000147. The number of likely N-dealkylation sites (N-methyl/N-ethyl adjacent to an activating group) is 1. The van der Waals surface area contributed by atoms with Crippen molar-refractivity contribution in [3.63, 3.8) is 0 Å². The zero-order chi connectivity index (χ0) is 13.1. The fraction of sp³-hybridized carbons (Fsp3) is 0.222. The summed E-state index contributed by atoms with van der Waals surface area (Å²) in [4.78, 5) is 2.39. The maximum atomic E-state index is 2.39. The molecule has 1 aliphatic heterocycles. The van der Waals surface area contributed by atoms with Gasteiger partial charge in [0.15, 0.2) is 0 Å². The minimum Gasteiger partial charge on any atom is -0.302 e. The van der Waals surface area contributed by atoms with Crippen molar-refractivity contribution in [1.82, 2.24) is 4.90 Å². The summed E-state index contributed by atoms with van der Waals surface area (Å²) in [6.45, 7) is 2.25. The summed E-state index contributed by atoms with van der Waals surface area (Å²) in [5.74, 6) is 0. The van der Waals surface area contributed by atoms with Crippen LogP contribution in [0.5, 0.6) is 0 Å². The Morgan fingerprint density at radius 3 is 1.75 bits per heavy atom. The van der Waals surface area contributed by atoms with Crippen molar-refractivity contribution in [2.75, 3.05) is 20.1 Å². The minimum atomic E-state index is 0. The predicted molar refractivity (Wildman–Crippen MR) is 88.3 cm³/mol. The summed E-state index contributed by atoms with van der Waals surface area (Å²) >= 11 is 0. The highest BCUT2D eigenvalue weighted by Crippen LogP contribution is 2.31. The summed E-state index contributed by atoms with van der Waals surface area (Å²) in [6, 6.07) is 21.5. The first-order chi connectivity index (χ1) is 9.34. The van der Waals surface area contributed by atoms with Gasteiger partial charge in [-0.15, -0.1) is 12.4 Å². The van der Waals surface area contributed by atoms with Gasteiger partial charge < -0.3 is 4.90 Å². The van der Waals surface area contributed by atoms with Gasteiger partial charge in [-0.05, 0) is 35.7 Å². The number of hydrogen-bond acceptors (Lipinski definition) is 1. The van der Waals surface area contributed by atoms with Gasteiger partial charge in [-0.2, -0.15) is 0 Å². The van der Waals surface area contributed by atoms with E-state index in [4.69, 9.17) is 0 Å². The first-order valence-electron chi connectivity index (χ1n) is 6.86. The van der Waals surface area contributed by atoms with Crippen molar-refractivity contribution < 1.29 is 0 Å². The third-order valence-corrected chi connectivity index (χ3v) is 3.73. The van der Waals surface area contributed by atoms with Crippen LogP contribution in [0.3, 0.4) is 0 Å². The van der Waals surface area contributed by atoms with Crippen molar-refractivity contribution in [2.45, 2.75) is 6.42 Å². The van der Waals surface area contributed by atoms with E-state index in [2.05, 4.69) is 72.6 Å². The molecular formula is C18H20ClN. The molecule has 1 nitrogen and oxygen atoms in total. The normalized spacial score (nSPS) is 14.9. The molecule has 0 radical (unpaired) electrons. The molecule has 0 unspecified atom stereocenters. The molecule has 20 heavy (non-hydrogen) atoms.